The number of nitro groups is 1. The van der Waals surface area contributed by atoms with Gasteiger partial charge in [0.1, 0.15) is 0 Å². The largest absolute Gasteiger partial charge is 0.357 e. The Labute approximate surface area is 107 Å². The minimum absolute atomic E-state index is 0.0851. The number of hydrogen-bond acceptors (Lipinski definition) is 6. The zero-order valence-electron chi connectivity index (χ0n) is 9.55. The molecule has 0 bridgehead atoms. The molecule has 2 N–H and O–H groups in total. The van der Waals surface area contributed by atoms with Gasteiger partial charge in [-0.15, -0.1) is 0 Å². The Morgan fingerprint density at radius 2 is 2.44 bits per heavy atom. The Kier molecular flexibility index (Phi) is 2.85. The molecule has 0 amide bonds. The predicted molar refractivity (Wildman–Crippen MR) is 71.2 cm³/mol. The van der Waals surface area contributed by atoms with Gasteiger partial charge in [-0.2, -0.15) is 0 Å². The topological polar surface area (TPSA) is 80.1 Å². The lowest BCUT2D eigenvalue weighted by molar-refractivity contribution is -0.384. The predicted octanol–water partition coefficient (Wildman–Crippen LogP) is 1.98. The van der Waals surface area contributed by atoms with Crippen molar-refractivity contribution < 1.29 is 4.92 Å². The first kappa shape index (κ1) is 11.4. The highest BCUT2D eigenvalue weighted by atomic mass is 32.1. The van der Waals surface area contributed by atoms with Crippen molar-refractivity contribution in [2.24, 2.45) is 0 Å². The third-order valence-corrected chi connectivity index (χ3v) is 3.94. The van der Waals surface area contributed by atoms with Crippen LogP contribution in [0.25, 0.3) is 10.2 Å². The Bertz CT molecular complexity index is 592. The molecule has 1 aliphatic heterocycles. The summed E-state index contributed by atoms with van der Waals surface area (Å²) in [6.45, 7) is 1.96. The fourth-order valence-corrected chi connectivity index (χ4v) is 2.97. The monoisotopic (exact) mass is 264 g/mol. The van der Waals surface area contributed by atoms with Crippen LogP contribution >= 0.6 is 11.3 Å². The van der Waals surface area contributed by atoms with Crippen LogP contribution in [0.3, 0.4) is 0 Å². The van der Waals surface area contributed by atoms with Crippen molar-refractivity contribution in [1.82, 2.24) is 10.3 Å². The minimum Gasteiger partial charge on any atom is -0.357 e. The quantitative estimate of drug-likeness (QED) is 0.654. The second-order valence-electron chi connectivity index (χ2n) is 4.26. The van der Waals surface area contributed by atoms with Gasteiger partial charge in [0.25, 0.3) is 5.69 Å². The van der Waals surface area contributed by atoms with Gasteiger partial charge in [-0.05, 0) is 19.0 Å². The van der Waals surface area contributed by atoms with Crippen molar-refractivity contribution in [3.05, 3.63) is 28.3 Å². The summed E-state index contributed by atoms with van der Waals surface area (Å²) in [4.78, 5) is 14.7. The number of anilines is 1. The molecule has 1 fully saturated rings. The highest BCUT2D eigenvalue weighted by molar-refractivity contribution is 7.22. The van der Waals surface area contributed by atoms with E-state index in [0.717, 1.165) is 29.3 Å². The van der Waals surface area contributed by atoms with E-state index in [9.17, 15) is 10.1 Å². The molecule has 0 unspecified atom stereocenters. The lowest BCUT2D eigenvalue weighted by Gasteiger charge is -2.08. The number of hydrogen-bond donors (Lipinski definition) is 2. The molecule has 0 saturated carbocycles. The Hall–Kier alpha value is -1.73. The summed E-state index contributed by atoms with van der Waals surface area (Å²) in [5, 5.41) is 18.1. The third kappa shape index (κ3) is 2.14. The van der Waals surface area contributed by atoms with E-state index in [1.54, 1.807) is 6.07 Å². The van der Waals surface area contributed by atoms with Crippen molar-refractivity contribution in [2.75, 3.05) is 18.4 Å². The Morgan fingerprint density at radius 1 is 1.56 bits per heavy atom. The molecular weight excluding hydrogens is 252 g/mol. The van der Waals surface area contributed by atoms with Crippen molar-refractivity contribution in [2.45, 2.75) is 12.5 Å². The number of rotatable bonds is 3. The molecule has 94 valence electrons. The van der Waals surface area contributed by atoms with E-state index in [2.05, 4.69) is 15.6 Å². The van der Waals surface area contributed by atoms with Crippen LogP contribution in [0.15, 0.2) is 18.2 Å². The SMILES string of the molecule is O=[N+]([O-])c1ccc2sc(N[C@@H]3CCNC3)nc2c1. The number of nitro benzene ring substituents is 1. The van der Waals surface area contributed by atoms with E-state index in [1.165, 1.54) is 23.5 Å². The van der Waals surface area contributed by atoms with E-state index in [-0.39, 0.29) is 5.69 Å². The van der Waals surface area contributed by atoms with E-state index in [0.29, 0.717) is 11.6 Å². The van der Waals surface area contributed by atoms with Crippen LogP contribution in [0.1, 0.15) is 6.42 Å². The summed E-state index contributed by atoms with van der Waals surface area (Å²) >= 11 is 1.53. The van der Waals surface area contributed by atoms with Crippen LogP contribution in [-0.4, -0.2) is 29.0 Å². The third-order valence-electron chi connectivity index (χ3n) is 2.97. The van der Waals surface area contributed by atoms with Crippen LogP contribution in [0, 0.1) is 10.1 Å². The first-order chi connectivity index (χ1) is 8.72. The molecule has 1 atom stereocenters. The Morgan fingerprint density at radius 3 is 3.17 bits per heavy atom. The molecule has 7 heteroatoms. The van der Waals surface area contributed by atoms with Crippen LogP contribution in [0.2, 0.25) is 0 Å². The lowest BCUT2D eigenvalue weighted by Crippen LogP contribution is -2.21. The summed E-state index contributed by atoms with van der Waals surface area (Å²) in [7, 11) is 0. The summed E-state index contributed by atoms with van der Waals surface area (Å²) in [5.41, 5.74) is 0.768. The van der Waals surface area contributed by atoms with Crippen molar-refractivity contribution >= 4 is 32.4 Å². The van der Waals surface area contributed by atoms with E-state index < -0.39 is 4.92 Å². The summed E-state index contributed by atoms with van der Waals surface area (Å²) in [6, 6.07) is 5.19. The van der Waals surface area contributed by atoms with Gasteiger partial charge < -0.3 is 10.6 Å². The smallest absolute Gasteiger partial charge is 0.271 e. The number of benzene rings is 1. The van der Waals surface area contributed by atoms with E-state index in [1.807, 2.05) is 0 Å². The number of thiazole rings is 1. The highest BCUT2D eigenvalue weighted by Gasteiger charge is 2.16. The molecule has 1 aromatic carbocycles. The van der Waals surface area contributed by atoms with Gasteiger partial charge in [-0.25, -0.2) is 4.98 Å². The molecule has 3 rings (SSSR count). The first-order valence-electron chi connectivity index (χ1n) is 5.74. The number of aromatic nitrogens is 1. The van der Waals surface area contributed by atoms with E-state index in [4.69, 9.17) is 0 Å². The molecule has 0 radical (unpaired) electrons. The molecule has 0 aliphatic carbocycles. The first-order valence-corrected chi connectivity index (χ1v) is 6.56. The maximum absolute atomic E-state index is 10.7. The second kappa shape index (κ2) is 4.51. The van der Waals surface area contributed by atoms with Gasteiger partial charge in [-0.1, -0.05) is 11.3 Å². The highest BCUT2D eigenvalue weighted by Crippen LogP contribution is 2.29. The average molecular weight is 264 g/mol. The average Bonchev–Trinajstić information content (AvgIpc) is 2.96. The van der Waals surface area contributed by atoms with Crippen molar-refractivity contribution in [3.8, 4) is 0 Å². The molecule has 1 aromatic heterocycles. The van der Waals surface area contributed by atoms with E-state index >= 15 is 0 Å². The molecule has 1 saturated heterocycles. The van der Waals surface area contributed by atoms with Gasteiger partial charge in [0.05, 0.1) is 15.1 Å². The molecule has 2 aromatic rings. The Balaban J connectivity index is 1.87. The molecule has 0 spiro atoms. The molecule has 6 nitrogen and oxygen atoms in total. The van der Waals surface area contributed by atoms with Crippen molar-refractivity contribution in [1.29, 1.82) is 0 Å². The second-order valence-corrected chi connectivity index (χ2v) is 5.29. The van der Waals surface area contributed by atoms with Crippen molar-refractivity contribution in [3.63, 3.8) is 0 Å². The van der Waals surface area contributed by atoms with Crippen LogP contribution in [0.5, 0.6) is 0 Å². The molecule has 2 heterocycles. The van der Waals surface area contributed by atoms with Gasteiger partial charge in [0.15, 0.2) is 5.13 Å². The summed E-state index contributed by atoms with van der Waals surface area (Å²) < 4.78 is 0.967. The van der Waals surface area contributed by atoms with Gasteiger partial charge >= 0.3 is 0 Å². The number of nitrogens with one attached hydrogen (secondary N) is 2. The zero-order valence-corrected chi connectivity index (χ0v) is 10.4. The number of nitrogens with zero attached hydrogens (tertiary/aromatic N) is 2. The van der Waals surface area contributed by atoms with Crippen LogP contribution < -0.4 is 10.6 Å². The maximum atomic E-state index is 10.7. The number of fused-ring (bicyclic) bond motifs is 1. The molecule has 18 heavy (non-hydrogen) atoms. The molecular formula is C11H12N4O2S. The fourth-order valence-electron chi connectivity index (χ4n) is 2.04. The maximum Gasteiger partial charge on any atom is 0.271 e. The van der Waals surface area contributed by atoms with Gasteiger partial charge in [0, 0.05) is 24.7 Å². The van der Waals surface area contributed by atoms with Gasteiger partial charge in [0.2, 0.25) is 0 Å². The van der Waals surface area contributed by atoms with Gasteiger partial charge in [-0.3, -0.25) is 10.1 Å². The standard InChI is InChI=1S/C11H12N4O2S/c16-15(17)8-1-2-10-9(5-8)14-11(18-10)13-7-3-4-12-6-7/h1-2,5,7,12H,3-4,6H2,(H,13,14)/t7-/m1/s1. The lowest BCUT2D eigenvalue weighted by atomic mass is 10.3. The van der Waals surface area contributed by atoms with Crippen LogP contribution in [-0.2, 0) is 0 Å². The van der Waals surface area contributed by atoms with Crippen LogP contribution in [0.4, 0.5) is 10.8 Å². The molecule has 1 aliphatic rings. The minimum atomic E-state index is -0.396. The summed E-state index contributed by atoms with van der Waals surface area (Å²) in [6.07, 6.45) is 1.08. The normalized spacial score (nSPS) is 19.2. The zero-order chi connectivity index (χ0) is 12.5. The fraction of sp³-hybridized carbons (Fsp3) is 0.364. The summed E-state index contributed by atoms with van der Waals surface area (Å²) in [5.74, 6) is 0. The number of non-ortho nitro benzene ring substituents is 1.